The summed E-state index contributed by atoms with van der Waals surface area (Å²) in [6.07, 6.45) is 5.29. The van der Waals surface area contributed by atoms with Gasteiger partial charge >= 0.3 is 0 Å². The second-order valence-corrected chi connectivity index (χ2v) is 8.46. The van der Waals surface area contributed by atoms with Crippen molar-refractivity contribution in [2.24, 2.45) is 18.4 Å². The Balaban J connectivity index is 1.35. The van der Waals surface area contributed by atoms with Crippen molar-refractivity contribution in [1.82, 2.24) is 30.0 Å². The average Bonchev–Trinajstić information content (AvgIpc) is 3.16. The minimum atomic E-state index is -0.334. The smallest absolute Gasteiger partial charge is 0.233 e. The van der Waals surface area contributed by atoms with E-state index in [1.165, 1.54) is 24.6 Å². The number of amides is 2. The third kappa shape index (κ3) is 3.38. The number of aryl methyl sites for hydroxylation is 1. The largest absolute Gasteiger partial charge is 0.342 e. The molecule has 3 fully saturated rings. The van der Waals surface area contributed by atoms with Gasteiger partial charge < -0.3 is 9.80 Å². The highest BCUT2D eigenvalue weighted by molar-refractivity contribution is 7.99. The highest BCUT2D eigenvalue weighted by atomic mass is 32.2. The molecule has 1 aromatic rings. The van der Waals surface area contributed by atoms with Gasteiger partial charge in [0, 0.05) is 33.2 Å². The number of rotatable bonds is 5. The maximum atomic E-state index is 13.0. The standard InChI is InChI=1S/C16H24N6O2S/c1-20-15(17-18-19-20)25-10-13(23)22-8-6-16(11-22)5-2-7-21(14(16)24)9-12-3-4-12/h12H,2-11H2,1H3. The quantitative estimate of drug-likeness (QED) is 0.710. The van der Waals surface area contributed by atoms with Gasteiger partial charge in [-0.05, 0) is 48.4 Å². The molecule has 3 aliphatic rings. The molecule has 8 nitrogen and oxygen atoms in total. The van der Waals surface area contributed by atoms with E-state index in [9.17, 15) is 9.59 Å². The molecule has 1 aliphatic carbocycles. The zero-order valence-electron chi connectivity index (χ0n) is 14.6. The Hall–Kier alpha value is -1.64. The summed E-state index contributed by atoms with van der Waals surface area (Å²) in [5.41, 5.74) is -0.334. The molecule has 0 bridgehead atoms. The van der Waals surface area contributed by atoms with Gasteiger partial charge in [-0.15, -0.1) is 5.10 Å². The average molecular weight is 364 g/mol. The number of likely N-dealkylation sites (tertiary alicyclic amines) is 2. The zero-order valence-corrected chi connectivity index (χ0v) is 15.4. The molecule has 1 atom stereocenters. The first-order chi connectivity index (χ1) is 12.1. The first-order valence-corrected chi connectivity index (χ1v) is 9.98. The monoisotopic (exact) mass is 364 g/mol. The topological polar surface area (TPSA) is 84.2 Å². The van der Waals surface area contributed by atoms with Crippen molar-refractivity contribution in [2.45, 2.75) is 37.3 Å². The van der Waals surface area contributed by atoms with Crippen molar-refractivity contribution < 1.29 is 9.59 Å². The van der Waals surface area contributed by atoms with Crippen molar-refractivity contribution in [3.63, 3.8) is 0 Å². The Morgan fingerprint density at radius 1 is 1.32 bits per heavy atom. The Labute approximate surface area is 151 Å². The number of thioether (sulfide) groups is 1. The minimum absolute atomic E-state index is 0.0667. The lowest BCUT2D eigenvalue weighted by atomic mass is 9.78. The highest BCUT2D eigenvalue weighted by Crippen LogP contribution is 2.41. The first kappa shape index (κ1) is 16.8. The van der Waals surface area contributed by atoms with Gasteiger partial charge in [-0.1, -0.05) is 11.8 Å². The molecule has 2 saturated heterocycles. The lowest BCUT2D eigenvalue weighted by Crippen LogP contribution is -2.51. The van der Waals surface area contributed by atoms with Crippen LogP contribution in [0.15, 0.2) is 5.16 Å². The third-order valence-corrected chi connectivity index (χ3v) is 6.61. The van der Waals surface area contributed by atoms with Crippen molar-refractivity contribution in [3.8, 4) is 0 Å². The van der Waals surface area contributed by atoms with Crippen LogP contribution in [0.25, 0.3) is 0 Å². The number of aromatic nitrogens is 4. The van der Waals surface area contributed by atoms with Crippen LogP contribution < -0.4 is 0 Å². The van der Waals surface area contributed by atoms with Gasteiger partial charge in [0.1, 0.15) is 0 Å². The van der Waals surface area contributed by atoms with Crippen LogP contribution in [0.3, 0.4) is 0 Å². The van der Waals surface area contributed by atoms with E-state index >= 15 is 0 Å². The third-order valence-electron chi connectivity index (χ3n) is 5.61. The summed E-state index contributed by atoms with van der Waals surface area (Å²) in [5.74, 6) is 1.38. The maximum absolute atomic E-state index is 13.0. The van der Waals surface area contributed by atoms with E-state index in [0.29, 0.717) is 24.0 Å². The van der Waals surface area contributed by atoms with E-state index in [1.807, 2.05) is 4.90 Å². The number of nitrogens with zero attached hydrogens (tertiary/aromatic N) is 6. The molecule has 0 aromatic carbocycles. The Morgan fingerprint density at radius 2 is 2.16 bits per heavy atom. The molecule has 136 valence electrons. The van der Waals surface area contributed by atoms with Crippen LogP contribution in [-0.2, 0) is 16.6 Å². The number of carbonyl (C=O) groups is 2. The summed E-state index contributed by atoms with van der Waals surface area (Å²) in [7, 11) is 1.76. The second-order valence-electron chi connectivity index (χ2n) is 7.52. The van der Waals surface area contributed by atoms with E-state index in [4.69, 9.17) is 0 Å². The van der Waals surface area contributed by atoms with Crippen LogP contribution in [0.1, 0.15) is 32.1 Å². The number of hydrogen-bond donors (Lipinski definition) is 0. The van der Waals surface area contributed by atoms with Crippen molar-refractivity contribution in [1.29, 1.82) is 0 Å². The molecule has 1 spiro atoms. The van der Waals surface area contributed by atoms with E-state index in [0.717, 1.165) is 38.3 Å². The molecular formula is C16H24N6O2S. The molecule has 25 heavy (non-hydrogen) atoms. The molecule has 4 rings (SSSR count). The molecule has 0 radical (unpaired) electrons. The second kappa shape index (κ2) is 6.59. The number of hydrogen-bond acceptors (Lipinski definition) is 6. The lowest BCUT2D eigenvalue weighted by molar-refractivity contribution is -0.146. The fourth-order valence-electron chi connectivity index (χ4n) is 3.96. The Kier molecular flexibility index (Phi) is 4.43. The van der Waals surface area contributed by atoms with E-state index in [-0.39, 0.29) is 17.2 Å². The minimum Gasteiger partial charge on any atom is -0.342 e. The number of piperidine rings is 1. The summed E-state index contributed by atoms with van der Waals surface area (Å²) >= 11 is 1.34. The predicted octanol–water partition coefficient (Wildman–Crippen LogP) is 0.553. The van der Waals surface area contributed by atoms with Gasteiger partial charge in [-0.25, -0.2) is 4.68 Å². The van der Waals surface area contributed by atoms with Crippen molar-refractivity contribution >= 4 is 23.6 Å². The van der Waals surface area contributed by atoms with Gasteiger partial charge in [-0.3, -0.25) is 9.59 Å². The number of tetrazole rings is 1. The van der Waals surface area contributed by atoms with Crippen LogP contribution >= 0.6 is 11.8 Å². The fraction of sp³-hybridized carbons (Fsp3) is 0.812. The van der Waals surface area contributed by atoms with Crippen LogP contribution in [-0.4, -0.2) is 73.8 Å². The summed E-state index contributed by atoms with van der Waals surface area (Å²) < 4.78 is 1.56. The molecule has 0 N–H and O–H groups in total. The van der Waals surface area contributed by atoms with Gasteiger partial charge in [0.25, 0.3) is 0 Å². The highest BCUT2D eigenvalue weighted by Gasteiger charge is 2.49. The van der Waals surface area contributed by atoms with E-state index in [2.05, 4.69) is 20.4 Å². The SMILES string of the molecule is Cn1nnnc1SCC(=O)N1CCC2(CCCN(CC3CC3)C2=O)C1. The zero-order chi connectivity index (χ0) is 17.4. The van der Waals surface area contributed by atoms with E-state index < -0.39 is 0 Å². The first-order valence-electron chi connectivity index (χ1n) is 9.00. The van der Waals surface area contributed by atoms with E-state index in [1.54, 1.807) is 11.7 Å². The predicted molar refractivity (Wildman–Crippen MR) is 91.7 cm³/mol. The molecule has 1 unspecified atom stereocenters. The van der Waals surface area contributed by atoms with Crippen LogP contribution in [0, 0.1) is 11.3 Å². The molecule has 9 heteroatoms. The summed E-state index contributed by atoms with van der Waals surface area (Å²) in [6, 6.07) is 0. The van der Waals surface area contributed by atoms with Crippen molar-refractivity contribution in [2.75, 3.05) is 31.9 Å². The van der Waals surface area contributed by atoms with Gasteiger partial charge in [0.15, 0.2) is 0 Å². The lowest BCUT2D eigenvalue weighted by Gasteiger charge is -2.39. The van der Waals surface area contributed by atoms with Crippen LogP contribution in [0.2, 0.25) is 0 Å². The summed E-state index contributed by atoms with van der Waals surface area (Å²) in [6.45, 7) is 3.06. The maximum Gasteiger partial charge on any atom is 0.233 e. The van der Waals surface area contributed by atoms with Gasteiger partial charge in [0.2, 0.25) is 17.0 Å². The Morgan fingerprint density at radius 3 is 2.88 bits per heavy atom. The fourth-order valence-corrected chi connectivity index (χ4v) is 4.72. The Bertz CT molecular complexity index is 675. The van der Waals surface area contributed by atoms with Crippen LogP contribution in [0.5, 0.6) is 0 Å². The molecule has 1 aromatic heterocycles. The molecule has 1 saturated carbocycles. The number of carbonyl (C=O) groups excluding carboxylic acids is 2. The molecule has 2 aliphatic heterocycles. The normalized spacial score (nSPS) is 26.7. The van der Waals surface area contributed by atoms with Crippen molar-refractivity contribution in [3.05, 3.63) is 0 Å². The molecule has 2 amide bonds. The summed E-state index contributed by atoms with van der Waals surface area (Å²) in [5, 5.41) is 11.9. The van der Waals surface area contributed by atoms with Gasteiger partial charge in [0.05, 0.1) is 11.2 Å². The van der Waals surface area contributed by atoms with Crippen LogP contribution in [0.4, 0.5) is 0 Å². The molecule has 3 heterocycles. The molecular weight excluding hydrogens is 340 g/mol. The summed E-state index contributed by atoms with van der Waals surface area (Å²) in [4.78, 5) is 29.5. The van der Waals surface area contributed by atoms with Gasteiger partial charge in [-0.2, -0.15) is 0 Å².